The number of nitrogens with zero attached hydrogens (tertiary/aromatic N) is 6. The molecule has 6 rings (SSSR count). The van der Waals surface area contributed by atoms with Crippen molar-refractivity contribution in [3.8, 4) is 5.82 Å². The van der Waals surface area contributed by atoms with Gasteiger partial charge in [0, 0.05) is 37.6 Å². The summed E-state index contributed by atoms with van der Waals surface area (Å²) in [7, 11) is -3.15. The normalized spacial score (nSPS) is 23.2. The number of fused-ring (bicyclic) bond motifs is 1. The highest BCUT2D eigenvalue weighted by molar-refractivity contribution is 7.88. The Kier molecular flexibility index (Phi) is 3.80. The van der Waals surface area contributed by atoms with E-state index >= 15 is 0 Å². The first-order valence-corrected chi connectivity index (χ1v) is 12.3. The first-order valence-electron chi connectivity index (χ1n) is 10.4. The molecule has 0 radical (unpaired) electrons. The summed E-state index contributed by atoms with van der Waals surface area (Å²) in [6, 6.07) is 8.62. The van der Waals surface area contributed by atoms with E-state index in [1.807, 2.05) is 16.9 Å². The van der Waals surface area contributed by atoms with E-state index in [0.29, 0.717) is 37.5 Å². The molecule has 156 valence electrons. The highest BCUT2D eigenvalue weighted by Gasteiger charge is 2.62. The minimum Gasteiger partial charge on any atom is -0.354 e. The summed E-state index contributed by atoms with van der Waals surface area (Å²) >= 11 is 0. The molecule has 2 aliphatic carbocycles. The third-order valence-electron chi connectivity index (χ3n) is 6.97. The molecule has 3 aromatic rings. The number of piperazine rings is 1. The van der Waals surface area contributed by atoms with Crippen LogP contribution in [0.1, 0.15) is 30.7 Å². The topological polar surface area (TPSA) is 84.2 Å². The first-order chi connectivity index (χ1) is 14.4. The first kappa shape index (κ1) is 18.3. The van der Waals surface area contributed by atoms with E-state index in [-0.39, 0.29) is 0 Å². The van der Waals surface area contributed by atoms with Crippen molar-refractivity contribution in [2.45, 2.75) is 25.2 Å². The predicted octanol–water partition coefficient (Wildman–Crippen LogP) is 2.16. The lowest BCUT2D eigenvalue weighted by Crippen LogP contribution is -2.48. The van der Waals surface area contributed by atoms with Crippen LogP contribution in [0.5, 0.6) is 0 Å². The van der Waals surface area contributed by atoms with Gasteiger partial charge in [-0.25, -0.2) is 23.1 Å². The molecular formula is C21H24N6O2S. The molecule has 8 nitrogen and oxygen atoms in total. The minimum absolute atomic E-state index is 0.468. The molecule has 2 aromatic heterocycles. The minimum atomic E-state index is -3.15. The number of hydrogen-bond acceptors (Lipinski definition) is 6. The van der Waals surface area contributed by atoms with Crippen molar-refractivity contribution in [3.05, 3.63) is 42.4 Å². The van der Waals surface area contributed by atoms with E-state index in [4.69, 9.17) is 0 Å². The van der Waals surface area contributed by atoms with Crippen LogP contribution in [0.2, 0.25) is 0 Å². The van der Waals surface area contributed by atoms with Crippen LogP contribution in [0.15, 0.2) is 36.8 Å². The molecule has 0 unspecified atom stereocenters. The Hall–Kier alpha value is -2.52. The van der Waals surface area contributed by atoms with E-state index in [9.17, 15) is 8.42 Å². The quantitative estimate of drug-likeness (QED) is 0.638. The summed E-state index contributed by atoms with van der Waals surface area (Å²) in [4.78, 5) is 11.0. The summed E-state index contributed by atoms with van der Waals surface area (Å²) in [5, 5.41) is 5.69. The molecule has 9 heteroatoms. The van der Waals surface area contributed by atoms with Gasteiger partial charge >= 0.3 is 0 Å². The van der Waals surface area contributed by atoms with Gasteiger partial charge in [-0.1, -0.05) is 12.1 Å². The van der Waals surface area contributed by atoms with E-state index in [0.717, 1.165) is 22.5 Å². The molecule has 1 aromatic carbocycles. The highest BCUT2D eigenvalue weighted by atomic mass is 32.2. The van der Waals surface area contributed by atoms with Crippen molar-refractivity contribution in [2.75, 3.05) is 37.3 Å². The van der Waals surface area contributed by atoms with Crippen molar-refractivity contribution in [1.29, 1.82) is 0 Å². The summed E-state index contributed by atoms with van der Waals surface area (Å²) in [6.45, 7) is 2.15. The van der Waals surface area contributed by atoms with Gasteiger partial charge in [0.15, 0.2) is 5.82 Å². The number of sulfonamides is 1. The van der Waals surface area contributed by atoms with Crippen LogP contribution < -0.4 is 4.90 Å². The van der Waals surface area contributed by atoms with Crippen LogP contribution in [-0.4, -0.2) is 64.9 Å². The fraction of sp³-hybridized carbons (Fsp3) is 0.476. The zero-order valence-corrected chi connectivity index (χ0v) is 17.7. The van der Waals surface area contributed by atoms with E-state index in [1.54, 1.807) is 6.33 Å². The number of anilines is 1. The maximum Gasteiger partial charge on any atom is 0.211 e. The van der Waals surface area contributed by atoms with Crippen molar-refractivity contribution in [2.24, 2.45) is 5.41 Å². The lowest BCUT2D eigenvalue weighted by molar-refractivity contribution is 0.387. The molecule has 1 spiro atoms. The molecule has 0 bridgehead atoms. The van der Waals surface area contributed by atoms with Gasteiger partial charge in [-0.15, -0.1) is 0 Å². The number of benzene rings is 1. The third-order valence-corrected chi connectivity index (χ3v) is 8.27. The van der Waals surface area contributed by atoms with E-state index in [1.165, 1.54) is 35.4 Å². The highest BCUT2D eigenvalue weighted by Crippen LogP contribution is 2.75. The summed E-state index contributed by atoms with van der Waals surface area (Å²) in [5.41, 5.74) is 3.10. The monoisotopic (exact) mass is 424 g/mol. The predicted molar refractivity (Wildman–Crippen MR) is 114 cm³/mol. The van der Waals surface area contributed by atoms with Crippen molar-refractivity contribution in [3.63, 3.8) is 0 Å². The molecule has 1 saturated heterocycles. The summed E-state index contributed by atoms with van der Waals surface area (Å²) < 4.78 is 26.9. The molecule has 0 N–H and O–H groups in total. The largest absolute Gasteiger partial charge is 0.354 e. The second kappa shape index (κ2) is 6.24. The Bertz CT molecular complexity index is 1240. The molecule has 3 aliphatic rings. The summed E-state index contributed by atoms with van der Waals surface area (Å²) in [5.74, 6) is 2.24. The zero-order valence-electron chi connectivity index (χ0n) is 16.9. The standard InChI is InChI=1S/C21H24N6O2S/c1-30(28,29)26-8-6-25(7-9-26)19-11-20(23-14-22-19)27-18-10-15(2-3-16(18)13-24-27)17-12-21(17)4-5-21/h2-3,10-11,13-14,17H,4-9,12H2,1H3/t17-/m0/s1. The maximum absolute atomic E-state index is 11.8. The molecule has 0 amide bonds. The van der Waals surface area contributed by atoms with Gasteiger partial charge in [0.1, 0.15) is 12.1 Å². The van der Waals surface area contributed by atoms with Crippen LogP contribution in [-0.2, 0) is 10.0 Å². The Morgan fingerprint density at radius 3 is 2.50 bits per heavy atom. The molecule has 30 heavy (non-hydrogen) atoms. The Morgan fingerprint density at radius 2 is 1.80 bits per heavy atom. The van der Waals surface area contributed by atoms with E-state index in [2.05, 4.69) is 38.2 Å². The Morgan fingerprint density at radius 1 is 1.03 bits per heavy atom. The van der Waals surface area contributed by atoms with Crippen molar-refractivity contribution < 1.29 is 8.42 Å². The average Bonchev–Trinajstić information content (AvgIpc) is 3.64. The van der Waals surface area contributed by atoms with Gasteiger partial charge in [-0.3, -0.25) is 0 Å². The lowest BCUT2D eigenvalue weighted by Gasteiger charge is -2.33. The van der Waals surface area contributed by atoms with E-state index < -0.39 is 10.0 Å². The summed E-state index contributed by atoms with van der Waals surface area (Å²) in [6.07, 6.45) is 8.77. The molecular weight excluding hydrogens is 400 g/mol. The van der Waals surface area contributed by atoms with Gasteiger partial charge in [-0.05, 0) is 42.2 Å². The SMILES string of the molecule is CS(=O)(=O)N1CCN(c2cc(-n3ncc4ccc([C@@H]5CC56CC6)cc43)ncn2)CC1. The Labute approximate surface area is 175 Å². The molecule has 1 atom stereocenters. The van der Waals surface area contributed by atoms with Crippen molar-refractivity contribution in [1.82, 2.24) is 24.1 Å². The third kappa shape index (κ3) is 2.99. The lowest BCUT2D eigenvalue weighted by atomic mass is 10.1. The Balaban J connectivity index is 1.29. The number of rotatable bonds is 4. The fourth-order valence-electron chi connectivity index (χ4n) is 4.84. The molecule has 1 aliphatic heterocycles. The van der Waals surface area contributed by atoms with Crippen LogP contribution >= 0.6 is 0 Å². The molecule has 2 saturated carbocycles. The second-order valence-corrected chi connectivity index (χ2v) is 10.9. The smallest absolute Gasteiger partial charge is 0.211 e. The van der Waals surface area contributed by atoms with Crippen LogP contribution in [0.4, 0.5) is 5.82 Å². The van der Waals surface area contributed by atoms with Crippen molar-refractivity contribution >= 4 is 26.7 Å². The van der Waals surface area contributed by atoms with Gasteiger partial charge in [0.25, 0.3) is 0 Å². The van der Waals surface area contributed by atoms with Gasteiger partial charge in [-0.2, -0.15) is 9.40 Å². The zero-order chi connectivity index (χ0) is 20.5. The average molecular weight is 425 g/mol. The van der Waals surface area contributed by atoms with Crippen LogP contribution in [0.3, 0.4) is 0 Å². The van der Waals surface area contributed by atoms with Gasteiger partial charge in [0.2, 0.25) is 10.0 Å². The molecule has 3 fully saturated rings. The number of hydrogen-bond donors (Lipinski definition) is 0. The molecule has 3 heterocycles. The fourth-order valence-corrected chi connectivity index (χ4v) is 5.67. The second-order valence-electron chi connectivity index (χ2n) is 8.88. The van der Waals surface area contributed by atoms with Gasteiger partial charge in [0.05, 0.1) is 18.0 Å². The maximum atomic E-state index is 11.8. The van der Waals surface area contributed by atoms with Gasteiger partial charge < -0.3 is 4.90 Å². The number of aromatic nitrogens is 4. The van der Waals surface area contributed by atoms with Crippen LogP contribution in [0.25, 0.3) is 16.7 Å². The van der Waals surface area contributed by atoms with Crippen LogP contribution in [0, 0.1) is 5.41 Å².